The standard InChI is InChI=1S/C18H28FN5O2.HI/c1-3-20-18(22-11-6-8-16(25)26-4-2)23-14-9-12-24(13-14)17-15(19)7-5-10-21-17;/h5,7,10,14H,3-4,6,8-9,11-13H2,1-2H3,(H2,20,22,23);1H. The fourth-order valence-corrected chi connectivity index (χ4v) is 2.84. The topological polar surface area (TPSA) is 78.8 Å². The Kier molecular flexibility index (Phi) is 11.0. The number of hydrogen-bond donors (Lipinski definition) is 2. The maximum absolute atomic E-state index is 13.9. The zero-order valence-electron chi connectivity index (χ0n) is 15.9. The van der Waals surface area contributed by atoms with Gasteiger partial charge in [0.1, 0.15) is 0 Å². The molecule has 2 N–H and O–H groups in total. The molecule has 0 spiro atoms. The van der Waals surface area contributed by atoms with E-state index in [0.29, 0.717) is 44.3 Å². The molecule has 1 unspecified atom stereocenters. The normalized spacial score (nSPS) is 16.6. The second kappa shape index (κ2) is 12.7. The summed E-state index contributed by atoms with van der Waals surface area (Å²) in [6.07, 6.45) is 3.50. The Balaban J connectivity index is 0.00000364. The van der Waals surface area contributed by atoms with Crippen LogP contribution in [0.25, 0.3) is 0 Å². The van der Waals surface area contributed by atoms with Crippen molar-refractivity contribution in [2.75, 3.05) is 37.7 Å². The molecular weight excluding hydrogens is 464 g/mol. The van der Waals surface area contributed by atoms with E-state index in [1.807, 2.05) is 11.8 Å². The molecule has 0 radical (unpaired) electrons. The van der Waals surface area contributed by atoms with E-state index in [-0.39, 0.29) is 41.8 Å². The van der Waals surface area contributed by atoms with Crippen molar-refractivity contribution in [3.63, 3.8) is 0 Å². The second-order valence-corrected chi connectivity index (χ2v) is 6.05. The average Bonchev–Trinajstić information content (AvgIpc) is 3.08. The number of ether oxygens (including phenoxy) is 1. The van der Waals surface area contributed by atoms with Gasteiger partial charge in [-0.15, -0.1) is 24.0 Å². The van der Waals surface area contributed by atoms with Gasteiger partial charge < -0.3 is 20.3 Å². The van der Waals surface area contributed by atoms with Crippen LogP contribution in [-0.2, 0) is 9.53 Å². The molecule has 0 aliphatic carbocycles. The van der Waals surface area contributed by atoms with Gasteiger partial charge in [0.2, 0.25) is 0 Å². The van der Waals surface area contributed by atoms with Crippen LogP contribution in [0, 0.1) is 5.82 Å². The molecule has 2 heterocycles. The van der Waals surface area contributed by atoms with Crippen LogP contribution in [0.2, 0.25) is 0 Å². The van der Waals surface area contributed by atoms with Crippen molar-refractivity contribution in [3.8, 4) is 0 Å². The number of guanidine groups is 1. The predicted molar refractivity (Wildman–Crippen MR) is 115 cm³/mol. The molecule has 0 aromatic carbocycles. The summed E-state index contributed by atoms with van der Waals surface area (Å²) < 4.78 is 18.8. The molecule has 0 amide bonds. The van der Waals surface area contributed by atoms with Gasteiger partial charge in [-0.2, -0.15) is 0 Å². The van der Waals surface area contributed by atoms with E-state index in [2.05, 4.69) is 20.6 Å². The number of esters is 1. The van der Waals surface area contributed by atoms with Crippen LogP contribution < -0.4 is 15.5 Å². The minimum atomic E-state index is -0.298. The molecular formula is C18H29FIN5O2. The summed E-state index contributed by atoms with van der Waals surface area (Å²) in [5.74, 6) is 0.620. The molecule has 1 aliphatic rings. The summed E-state index contributed by atoms with van der Waals surface area (Å²) in [6.45, 7) is 6.90. The summed E-state index contributed by atoms with van der Waals surface area (Å²) in [5, 5.41) is 6.58. The molecule has 152 valence electrons. The Morgan fingerprint density at radius 2 is 2.30 bits per heavy atom. The van der Waals surface area contributed by atoms with E-state index in [9.17, 15) is 9.18 Å². The van der Waals surface area contributed by atoms with Crippen LogP contribution >= 0.6 is 24.0 Å². The van der Waals surface area contributed by atoms with E-state index >= 15 is 0 Å². The van der Waals surface area contributed by atoms with Crippen LogP contribution in [-0.4, -0.2) is 55.7 Å². The number of aliphatic imine (C=N–C) groups is 1. The lowest BCUT2D eigenvalue weighted by atomic mass is 10.3. The van der Waals surface area contributed by atoms with Crippen molar-refractivity contribution in [2.45, 2.75) is 39.2 Å². The van der Waals surface area contributed by atoms with Crippen molar-refractivity contribution in [1.29, 1.82) is 0 Å². The number of hydrogen-bond acceptors (Lipinski definition) is 5. The van der Waals surface area contributed by atoms with E-state index in [1.54, 1.807) is 19.2 Å². The molecule has 1 aromatic rings. The van der Waals surface area contributed by atoms with E-state index in [4.69, 9.17) is 4.74 Å². The van der Waals surface area contributed by atoms with Gasteiger partial charge in [0.15, 0.2) is 17.6 Å². The van der Waals surface area contributed by atoms with Gasteiger partial charge in [0.25, 0.3) is 0 Å². The van der Waals surface area contributed by atoms with Gasteiger partial charge in [-0.3, -0.25) is 9.79 Å². The average molecular weight is 493 g/mol. The Morgan fingerprint density at radius 3 is 3.00 bits per heavy atom. The molecule has 0 saturated carbocycles. The largest absolute Gasteiger partial charge is 0.466 e. The van der Waals surface area contributed by atoms with Gasteiger partial charge >= 0.3 is 5.97 Å². The first-order valence-electron chi connectivity index (χ1n) is 9.20. The summed E-state index contributed by atoms with van der Waals surface area (Å²) >= 11 is 0. The summed E-state index contributed by atoms with van der Waals surface area (Å²) in [4.78, 5) is 21.9. The number of nitrogens with zero attached hydrogens (tertiary/aromatic N) is 3. The van der Waals surface area contributed by atoms with E-state index in [0.717, 1.165) is 19.5 Å². The summed E-state index contributed by atoms with van der Waals surface area (Å²) in [7, 11) is 0. The minimum absolute atomic E-state index is 0. The SMILES string of the molecule is CCNC(=NCCCC(=O)OCC)NC1CCN(c2ncccc2F)C1.I. The highest BCUT2D eigenvalue weighted by molar-refractivity contribution is 14.0. The molecule has 7 nitrogen and oxygen atoms in total. The maximum Gasteiger partial charge on any atom is 0.305 e. The Labute approximate surface area is 177 Å². The van der Waals surface area contributed by atoms with Crippen LogP contribution in [0.4, 0.5) is 10.2 Å². The van der Waals surface area contributed by atoms with Crippen molar-refractivity contribution < 1.29 is 13.9 Å². The molecule has 1 atom stereocenters. The highest BCUT2D eigenvalue weighted by atomic mass is 127. The van der Waals surface area contributed by atoms with Gasteiger partial charge in [-0.1, -0.05) is 0 Å². The van der Waals surface area contributed by atoms with Crippen LogP contribution in [0.1, 0.15) is 33.1 Å². The summed E-state index contributed by atoms with van der Waals surface area (Å²) in [6, 6.07) is 3.19. The number of rotatable bonds is 8. The third kappa shape index (κ3) is 7.86. The van der Waals surface area contributed by atoms with Gasteiger partial charge in [0.05, 0.1) is 6.61 Å². The van der Waals surface area contributed by atoms with Crippen molar-refractivity contribution >= 4 is 41.7 Å². The van der Waals surface area contributed by atoms with Crippen molar-refractivity contribution in [3.05, 3.63) is 24.1 Å². The molecule has 2 rings (SSSR count). The molecule has 27 heavy (non-hydrogen) atoms. The van der Waals surface area contributed by atoms with Crippen LogP contribution in [0.5, 0.6) is 0 Å². The molecule has 1 aromatic heterocycles. The predicted octanol–water partition coefficient (Wildman–Crippen LogP) is 2.32. The molecule has 0 bridgehead atoms. The number of halogens is 2. The fraction of sp³-hybridized carbons (Fsp3) is 0.611. The highest BCUT2D eigenvalue weighted by Crippen LogP contribution is 2.20. The number of carbonyl (C=O) groups is 1. The lowest BCUT2D eigenvalue weighted by Gasteiger charge is -2.19. The smallest absolute Gasteiger partial charge is 0.305 e. The first kappa shape index (κ1) is 23.4. The number of carbonyl (C=O) groups excluding carboxylic acids is 1. The number of aromatic nitrogens is 1. The monoisotopic (exact) mass is 493 g/mol. The van der Waals surface area contributed by atoms with Gasteiger partial charge in [0, 0.05) is 44.8 Å². The first-order chi connectivity index (χ1) is 12.6. The van der Waals surface area contributed by atoms with Crippen LogP contribution in [0.15, 0.2) is 23.3 Å². The highest BCUT2D eigenvalue weighted by Gasteiger charge is 2.25. The lowest BCUT2D eigenvalue weighted by Crippen LogP contribution is -2.44. The third-order valence-electron chi connectivity index (χ3n) is 4.03. The summed E-state index contributed by atoms with van der Waals surface area (Å²) in [5.41, 5.74) is 0. The lowest BCUT2D eigenvalue weighted by molar-refractivity contribution is -0.143. The van der Waals surface area contributed by atoms with Gasteiger partial charge in [-0.05, 0) is 38.8 Å². The van der Waals surface area contributed by atoms with Crippen molar-refractivity contribution in [2.24, 2.45) is 4.99 Å². The Morgan fingerprint density at radius 1 is 1.48 bits per heavy atom. The number of nitrogens with one attached hydrogen (secondary N) is 2. The second-order valence-electron chi connectivity index (χ2n) is 6.05. The van der Waals surface area contributed by atoms with Crippen molar-refractivity contribution in [1.82, 2.24) is 15.6 Å². The third-order valence-corrected chi connectivity index (χ3v) is 4.03. The molecule has 1 fully saturated rings. The molecule has 9 heteroatoms. The number of pyridine rings is 1. The number of anilines is 1. The maximum atomic E-state index is 13.9. The molecule has 1 aliphatic heterocycles. The van der Waals surface area contributed by atoms with E-state index < -0.39 is 0 Å². The quantitative estimate of drug-likeness (QED) is 0.190. The van der Waals surface area contributed by atoms with Gasteiger partial charge in [-0.25, -0.2) is 9.37 Å². The minimum Gasteiger partial charge on any atom is -0.466 e. The van der Waals surface area contributed by atoms with E-state index in [1.165, 1.54) is 6.07 Å². The first-order valence-corrected chi connectivity index (χ1v) is 9.20. The zero-order chi connectivity index (χ0) is 18.8. The van der Waals surface area contributed by atoms with Crippen LogP contribution in [0.3, 0.4) is 0 Å². The molecule has 1 saturated heterocycles. The fourth-order valence-electron chi connectivity index (χ4n) is 2.84. The Bertz CT molecular complexity index is 617. The zero-order valence-corrected chi connectivity index (χ0v) is 18.2. The Hall–Kier alpha value is -1.65.